The van der Waals surface area contributed by atoms with Crippen LogP contribution < -0.4 is 21.5 Å². The SMILES string of the molecule is C=CCn1c(=O)c2sc(N3CCCCC3)nc2n(CC(=O)Nc2cc(F)ccc2C)c1=O. The third-order valence-corrected chi connectivity index (χ3v) is 6.56. The molecule has 168 valence electrons. The molecule has 1 amide bonds. The Kier molecular flexibility index (Phi) is 6.22. The van der Waals surface area contributed by atoms with E-state index in [1.54, 1.807) is 13.0 Å². The molecule has 1 fully saturated rings. The molecule has 0 saturated carbocycles. The van der Waals surface area contributed by atoms with E-state index < -0.39 is 23.0 Å². The lowest BCUT2D eigenvalue weighted by Gasteiger charge is -2.25. The summed E-state index contributed by atoms with van der Waals surface area (Å²) in [5.41, 5.74) is 0.130. The zero-order chi connectivity index (χ0) is 22.8. The number of anilines is 2. The molecular weight excluding hydrogens is 433 g/mol. The van der Waals surface area contributed by atoms with Crippen LogP contribution in [0.5, 0.6) is 0 Å². The van der Waals surface area contributed by atoms with Gasteiger partial charge in [-0.3, -0.25) is 18.7 Å². The van der Waals surface area contributed by atoms with Gasteiger partial charge in [0.25, 0.3) is 5.56 Å². The second-order valence-corrected chi connectivity index (χ2v) is 8.75. The normalized spacial score (nSPS) is 14.0. The Morgan fingerprint density at radius 2 is 2.00 bits per heavy atom. The molecule has 3 aromatic rings. The maximum absolute atomic E-state index is 13.6. The Balaban J connectivity index is 1.76. The number of carbonyl (C=O) groups excluding carboxylic acids is 1. The van der Waals surface area contributed by atoms with Crippen molar-refractivity contribution in [1.29, 1.82) is 0 Å². The van der Waals surface area contributed by atoms with Crippen molar-refractivity contribution in [2.45, 2.75) is 39.3 Å². The molecule has 0 aliphatic carbocycles. The van der Waals surface area contributed by atoms with E-state index in [1.165, 1.54) is 34.1 Å². The first kappa shape index (κ1) is 21.9. The number of carbonyl (C=O) groups is 1. The lowest BCUT2D eigenvalue weighted by molar-refractivity contribution is -0.116. The molecule has 0 radical (unpaired) electrons. The summed E-state index contributed by atoms with van der Waals surface area (Å²) in [6, 6.07) is 4.09. The first-order chi connectivity index (χ1) is 15.4. The molecule has 10 heteroatoms. The van der Waals surface area contributed by atoms with Crippen molar-refractivity contribution in [3.05, 3.63) is 63.1 Å². The van der Waals surface area contributed by atoms with E-state index in [1.807, 2.05) is 0 Å². The maximum Gasteiger partial charge on any atom is 0.333 e. The van der Waals surface area contributed by atoms with Crippen LogP contribution >= 0.6 is 11.3 Å². The van der Waals surface area contributed by atoms with Gasteiger partial charge in [-0.2, -0.15) is 0 Å². The number of amides is 1. The fourth-order valence-corrected chi connectivity index (χ4v) is 4.86. The molecule has 32 heavy (non-hydrogen) atoms. The van der Waals surface area contributed by atoms with Crippen LogP contribution in [0.1, 0.15) is 24.8 Å². The van der Waals surface area contributed by atoms with Gasteiger partial charge in [-0.15, -0.1) is 6.58 Å². The van der Waals surface area contributed by atoms with E-state index in [-0.39, 0.29) is 18.7 Å². The van der Waals surface area contributed by atoms with Crippen LogP contribution in [-0.2, 0) is 17.9 Å². The number of thiazole rings is 1. The van der Waals surface area contributed by atoms with Crippen LogP contribution in [0.15, 0.2) is 40.4 Å². The average molecular weight is 458 g/mol. The molecular formula is C22H24FN5O3S. The molecule has 1 saturated heterocycles. The number of nitrogens with one attached hydrogen (secondary N) is 1. The number of piperidine rings is 1. The predicted octanol–water partition coefficient (Wildman–Crippen LogP) is 2.88. The van der Waals surface area contributed by atoms with E-state index in [9.17, 15) is 18.8 Å². The summed E-state index contributed by atoms with van der Waals surface area (Å²) in [5, 5.41) is 3.32. The van der Waals surface area contributed by atoms with Crippen molar-refractivity contribution >= 4 is 38.4 Å². The van der Waals surface area contributed by atoms with E-state index in [4.69, 9.17) is 0 Å². The van der Waals surface area contributed by atoms with Crippen LogP contribution in [0.25, 0.3) is 10.3 Å². The zero-order valence-electron chi connectivity index (χ0n) is 17.8. The molecule has 4 rings (SSSR count). The van der Waals surface area contributed by atoms with Gasteiger partial charge < -0.3 is 10.2 Å². The summed E-state index contributed by atoms with van der Waals surface area (Å²) in [6.45, 7) is 6.71. The standard InChI is InChI=1S/C22H24FN5O3S/c1-3-9-27-20(30)18-19(25-21(32-18)26-10-5-4-6-11-26)28(22(27)31)13-17(29)24-16-12-15(23)8-7-14(16)2/h3,7-8,12H,1,4-6,9-11,13H2,2H3,(H,24,29). The van der Waals surface area contributed by atoms with E-state index in [2.05, 4.69) is 21.8 Å². The fourth-order valence-electron chi connectivity index (χ4n) is 3.78. The zero-order valence-corrected chi connectivity index (χ0v) is 18.6. The Hall–Kier alpha value is -3.27. The van der Waals surface area contributed by atoms with Crippen molar-refractivity contribution in [2.24, 2.45) is 0 Å². The highest BCUT2D eigenvalue weighted by Crippen LogP contribution is 2.28. The Bertz CT molecular complexity index is 1300. The van der Waals surface area contributed by atoms with Crippen LogP contribution in [-0.4, -0.2) is 33.1 Å². The molecule has 0 atom stereocenters. The van der Waals surface area contributed by atoms with Crippen LogP contribution in [0.2, 0.25) is 0 Å². The molecule has 1 aliphatic heterocycles. The van der Waals surface area contributed by atoms with Crippen molar-refractivity contribution in [3.8, 4) is 0 Å². The molecule has 0 unspecified atom stereocenters. The predicted molar refractivity (Wildman–Crippen MR) is 124 cm³/mol. The Morgan fingerprint density at radius 1 is 1.25 bits per heavy atom. The smallest absolute Gasteiger partial charge is 0.333 e. The van der Waals surface area contributed by atoms with E-state index in [0.29, 0.717) is 21.1 Å². The summed E-state index contributed by atoms with van der Waals surface area (Å²) < 4.78 is 16.2. The number of aryl methyl sites for hydroxylation is 1. The van der Waals surface area contributed by atoms with Crippen molar-refractivity contribution < 1.29 is 9.18 Å². The van der Waals surface area contributed by atoms with Gasteiger partial charge in [0.15, 0.2) is 10.8 Å². The minimum absolute atomic E-state index is 0.0230. The summed E-state index contributed by atoms with van der Waals surface area (Å²) in [6.07, 6.45) is 4.69. The molecule has 0 spiro atoms. The van der Waals surface area contributed by atoms with E-state index >= 15 is 0 Å². The van der Waals surface area contributed by atoms with E-state index in [0.717, 1.165) is 36.9 Å². The van der Waals surface area contributed by atoms with Gasteiger partial charge in [-0.1, -0.05) is 23.5 Å². The third-order valence-electron chi connectivity index (χ3n) is 5.47. The first-order valence-electron chi connectivity index (χ1n) is 10.4. The average Bonchev–Trinajstić information content (AvgIpc) is 3.23. The van der Waals surface area contributed by atoms with Crippen molar-refractivity contribution in [3.63, 3.8) is 0 Å². The van der Waals surface area contributed by atoms with Gasteiger partial charge in [0, 0.05) is 25.3 Å². The lowest BCUT2D eigenvalue weighted by atomic mass is 10.1. The summed E-state index contributed by atoms with van der Waals surface area (Å²) in [4.78, 5) is 45.5. The highest BCUT2D eigenvalue weighted by Gasteiger charge is 2.22. The molecule has 1 aliphatic rings. The molecule has 1 aromatic carbocycles. The van der Waals surface area contributed by atoms with Gasteiger partial charge >= 0.3 is 5.69 Å². The first-order valence-corrected chi connectivity index (χ1v) is 11.3. The van der Waals surface area contributed by atoms with Gasteiger partial charge in [-0.05, 0) is 43.9 Å². The lowest BCUT2D eigenvalue weighted by Crippen LogP contribution is -2.41. The number of aromatic nitrogens is 3. The summed E-state index contributed by atoms with van der Waals surface area (Å²) in [5.74, 6) is -0.992. The van der Waals surface area contributed by atoms with Crippen LogP contribution in [0.4, 0.5) is 15.2 Å². The number of benzene rings is 1. The largest absolute Gasteiger partial charge is 0.348 e. The Morgan fingerprint density at radius 3 is 2.72 bits per heavy atom. The van der Waals surface area contributed by atoms with Crippen molar-refractivity contribution in [2.75, 3.05) is 23.3 Å². The fraction of sp³-hybridized carbons (Fsp3) is 0.364. The van der Waals surface area contributed by atoms with Crippen LogP contribution in [0.3, 0.4) is 0 Å². The monoisotopic (exact) mass is 457 g/mol. The number of allylic oxidation sites excluding steroid dienone is 1. The number of nitrogens with zero attached hydrogens (tertiary/aromatic N) is 4. The summed E-state index contributed by atoms with van der Waals surface area (Å²) in [7, 11) is 0. The quantitative estimate of drug-likeness (QED) is 0.575. The molecule has 3 heterocycles. The van der Waals surface area contributed by atoms with Gasteiger partial charge in [0.05, 0.1) is 0 Å². The van der Waals surface area contributed by atoms with Crippen molar-refractivity contribution in [1.82, 2.24) is 14.1 Å². The second kappa shape index (κ2) is 9.07. The molecule has 0 bridgehead atoms. The molecule has 8 nitrogen and oxygen atoms in total. The molecule has 2 aromatic heterocycles. The molecule has 1 N–H and O–H groups in total. The maximum atomic E-state index is 13.6. The van der Waals surface area contributed by atoms with Gasteiger partial charge in [0.1, 0.15) is 17.1 Å². The second-order valence-electron chi connectivity index (χ2n) is 7.78. The third kappa shape index (κ3) is 4.22. The Labute approximate surface area is 187 Å². The van der Waals surface area contributed by atoms with Crippen LogP contribution in [0, 0.1) is 12.7 Å². The van der Waals surface area contributed by atoms with Gasteiger partial charge in [-0.25, -0.2) is 14.2 Å². The minimum atomic E-state index is -0.635. The highest BCUT2D eigenvalue weighted by atomic mass is 32.1. The summed E-state index contributed by atoms with van der Waals surface area (Å²) >= 11 is 1.23. The topological polar surface area (TPSA) is 89.2 Å². The minimum Gasteiger partial charge on any atom is -0.348 e. The number of halogens is 1. The number of hydrogen-bond donors (Lipinski definition) is 1. The van der Waals surface area contributed by atoms with Gasteiger partial charge in [0.2, 0.25) is 5.91 Å². The number of fused-ring (bicyclic) bond motifs is 1. The number of rotatable bonds is 6. The number of hydrogen-bond acceptors (Lipinski definition) is 6. The highest BCUT2D eigenvalue weighted by molar-refractivity contribution is 7.22.